The summed E-state index contributed by atoms with van der Waals surface area (Å²) in [6.07, 6.45) is 1.20. The van der Waals surface area contributed by atoms with Gasteiger partial charge in [-0.1, -0.05) is 18.2 Å². The molecule has 1 aromatic heterocycles. The molecule has 0 bridgehead atoms. The number of carbonyl (C=O) groups is 2. The fourth-order valence-corrected chi connectivity index (χ4v) is 3.87. The van der Waals surface area contributed by atoms with E-state index in [9.17, 15) is 9.59 Å². The highest BCUT2D eigenvalue weighted by molar-refractivity contribution is 7.09. The summed E-state index contributed by atoms with van der Waals surface area (Å²) in [5, 5.41) is 5.01. The highest BCUT2D eigenvalue weighted by Crippen LogP contribution is 2.41. The third-order valence-corrected chi connectivity index (χ3v) is 5.51. The van der Waals surface area contributed by atoms with E-state index in [1.807, 2.05) is 43.5 Å². The lowest BCUT2D eigenvalue weighted by Gasteiger charge is -2.16. The van der Waals surface area contributed by atoms with Gasteiger partial charge in [0.2, 0.25) is 11.8 Å². The van der Waals surface area contributed by atoms with Crippen molar-refractivity contribution in [1.29, 1.82) is 0 Å². The second-order valence-electron chi connectivity index (χ2n) is 6.70. The van der Waals surface area contributed by atoms with Crippen molar-refractivity contribution >= 4 is 28.8 Å². The summed E-state index contributed by atoms with van der Waals surface area (Å²) in [5.74, 6) is 0.108. The quantitative estimate of drug-likeness (QED) is 0.908. The Hall–Kier alpha value is -2.14. The molecule has 4 nitrogen and oxygen atoms in total. The van der Waals surface area contributed by atoms with Crippen molar-refractivity contribution in [1.82, 2.24) is 5.32 Å². The number of thiophene rings is 1. The molecule has 1 aliphatic heterocycles. The minimum absolute atomic E-state index is 0.0157. The zero-order valence-corrected chi connectivity index (χ0v) is 15.1. The van der Waals surface area contributed by atoms with E-state index in [1.165, 1.54) is 4.88 Å². The summed E-state index contributed by atoms with van der Waals surface area (Å²) in [4.78, 5) is 27.4. The summed E-state index contributed by atoms with van der Waals surface area (Å²) < 4.78 is 0. The number of rotatable bonds is 5. The minimum atomic E-state index is -0.532. The van der Waals surface area contributed by atoms with Crippen molar-refractivity contribution in [2.75, 3.05) is 18.5 Å². The number of carbonyl (C=O) groups excluding carboxylic acids is 2. The molecular weight excluding hydrogens is 320 g/mol. The molecule has 0 saturated carbocycles. The summed E-state index contributed by atoms with van der Waals surface area (Å²) in [6.45, 7) is 4.52. The van der Waals surface area contributed by atoms with E-state index in [-0.39, 0.29) is 11.8 Å². The van der Waals surface area contributed by atoms with E-state index in [0.29, 0.717) is 13.0 Å². The lowest BCUT2D eigenvalue weighted by atomic mass is 9.85. The van der Waals surface area contributed by atoms with Crippen molar-refractivity contribution in [3.63, 3.8) is 0 Å². The van der Waals surface area contributed by atoms with Gasteiger partial charge in [-0.25, -0.2) is 0 Å². The van der Waals surface area contributed by atoms with Crippen molar-refractivity contribution in [3.8, 4) is 0 Å². The van der Waals surface area contributed by atoms with Crippen LogP contribution < -0.4 is 10.2 Å². The minimum Gasteiger partial charge on any atom is -0.355 e. The molecule has 1 aliphatic rings. The van der Waals surface area contributed by atoms with Crippen LogP contribution in [-0.4, -0.2) is 25.4 Å². The Morgan fingerprint density at radius 2 is 2.08 bits per heavy atom. The number of fused-ring (bicyclic) bond motifs is 1. The van der Waals surface area contributed by atoms with Gasteiger partial charge in [0.15, 0.2) is 0 Å². The molecule has 24 heavy (non-hydrogen) atoms. The van der Waals surface area contributed by atoms with Crippen LogP contribution in [0, 0.1) is 0 Å². The van der Waals surface area contributed by atoms with E-state index in [4.69, 9.17) is 0 Å². The predicted molar refractivity (Wildman–Crippen MR) is 97.6 cm³/mol. The molecule has 2 aromatic rings. The van der Waals surface area contributed by atoms with Crippen molar-refractivity contribution < 1.29 is 9.59 Å². The first-order valence-corrected chi connectivity index (χ1v) is 8.98. The molecule has 5 heteroatoms. The van der Waals surface area contributed by atoms with E-state index < -0.39 is 5.41 Å². The third kappa shape index (κ3) is 3.08. The number of likely N-dealkylation sites (N-methyl/N-ethyl adjacent to an activating group) is 1. The SMILES string of the molecule is CN1C(=O)C(C)(C)c2cc(CC(=O)NCCc3cccs3)ccc21. The Morgan fingerprint density at radius 3 is 2.79 bits per heavy atom. The lowest BCUT2D eigenvalue weighted by molar-refractivity contribution is -0.122. The number of nitrogens with zero attached hydrogens (tertiary/aromatic N) is 1. The van der Waals surface area contributed by atoms with Crippen LogP contribution in [0.5, 0.6) is 0 Å². The van der Waals surface area contributed by atoms with Crippen LogP contribution in [0.2, 0.25) is 0 Å². The summed E-state index contributed by atoms with van der Waals surface area (Å²) in [5.41, 5.74) is 2.35. The summed E-state index contributed by atoms with van der Waals surface area (Å²) in [7, 11) is 1.80. The molecular formula is C19H22N2O2S. The van der Waals surface area contributed by atoms with Crippen LogP contribution in [-0.2, 0) is 27.8 Å². The third-order valence-electron chi connectivity index (χ3n) is 4.57. The van der Waals surface area contributed by atoms with Crippen molar-refractivity contribution in [2.45, 2.75) is 32.1 Å². The van der Waals surface area contributed by atoms with Gasteiger partial charge < -0.3 is 10.2 Å². The Morgan fingerprint density at radius 1 is 1.29 bits per heavy atom. The van der Waals surface area contributed by atoms with Gasteiger partial charge in [0.05, 0.1) is 11.8 Å². The molecule has 0 fully saturated rings. The molecule has 0 radical (unpaired) electrons. The molecule has 0 saturated heterocycles. The van der Waals surface area contributed by atoms with Gasteiger partial charge in [0.25, 0.3) is 0 Å². The number of benzene rings is 1. The molecule has 3 rings (SSSR count). The van der Waals surface area contributed by atoms with Gasteiger partial charge in [0.1, 0.15) is 0 Å². The van der Waals surface area contributed by atoms with E-state index in [2.05, 4.69) is 11.4 Å². The normalized spacial score (nSPS) is 15.5. The van der Waals surface area contributed by atoms with Crippen molar-refractivity contribution in [3.05, 3.63) is 51.7 Å². The first-order chi connectivity index (χ1) is 11.4. The standard InChI is InChI=1S/C19H22N2O2S/c1-19(2)15-11-13(6-7-16(15)21(3)18(19)23)12-17(22)20-9-8-14-5-4-10-24-14/h4-7,10-11H,8-9,12H2,1-3H3,(H,20,22). The Labute approximate surface area is 146 Å². The highest BCUT2D eigenvalue weighted by atomic mass is 32.1. The van der Waals surface area contributed by atoms with Gasteiger partial charge >= 0.3 is 0 Å². The zero-order chi connectivity index (χ0) is 17.3. The molecule has 0 spiro atoms. The average Bonchev–Trinajstić information content (AvgIpc) is 3.11. The maximum Gasteiger partial charge on any atom is 0.236 e. The fraction of sp³-hybridized carbons (Fsp3) is 0.368. The molecule has 2 heterocycles. The first kappa shape index (κ1) is 16.7. The van der Waals surface area contributed by atoms with Gasteiger partial charge in [-0.15, -0.1) is 11.3 Å². The zero-order valence-electron chi connectivity index (χ0n) is 14.3. The van der Waals surface area contributed by atoms with Crippen molar-refractivity contribution in [2.24, 2.45) is 0 Å². The molecule has 0 unspecified atom stereocenters. The van der Waals surface area contributed by atoms with Gasteiger partial charge in [0, 0.05) is 24.2 Å². The second-order valence-corrected chi connectivity index (χ2v) is 7.73. The average molecular weight is 342 g/mol. The topological polar surface area (TPSA) is 49.4 Å². The van der Waals surface area contributed by atoms with Crippen LogP contribution in [0.3, 0.4) is 0 Å². The Kier molecular flexibility index (Phi) is 4.45. The number of hydrogen-bond acceptors (Lipinski definition) is 3. The van der Waals surface area contributed by atoms with E-state index in [1.54, 1.807) is 23.3 Å². The molecule has 1 N–H and O–H groups in total. The molecule has 126 valence electrons. The maximum atomic E-state index is 12.3. The van der Waals surface area contributed by atoms with Gasteiger partial charge in [-0.05, 0) is 48.9 Å². The number of hydrogen-bond donors (Lipinski definition) is 1. The van der Waals surface area contributed by atoms with Crippen LogP contribution in [0.1, 0.15) is 29.9 Å². The maximum absolute atomic E-state index is 12.3. The molecule has 1 aromatic carbocycles. The summed E-state index contributed by atoms with van der Waals surface area (Å²) >= 11 is 1.70. The smallest absolute Gasteiger partial charge is 0.236 e. The second kappa shape index (κ2) is 6.40. The van der Waals surface area contributed by atoms with E-state index >= 15 is 0 Å². The number of amides is 2. The largest absolute Gasteiger partial charge is 0.355 e. The molecule has 2 amide bonds. The van der Waals surface area contributed by atoms with Crippen LogP contribution in [0.4, 0.5) is 5.69 Å². The van der Waals surface area contributed by atoms with Gasteiger partial charge in [-0.3, -0.25) is 9.59 Å². The predicted octanol–water partition coefficient (Wildman–Crippen LogP) is 2.90. The lowest BCUT2D eigenvalue weighted by Crippen LogP contribution is -2.33. The van der Waals surface area contributed by atoms with Crippen LogP contribution in [0.25, 0.3) is 0 Å². The van der Waals surface area contributed by atoms with Gasteiger partial charge in [-0.2, -0.15) is 0 Å². The highest BCUT2D eigenvalue weighted by Gasteiger charge is 2.42. The monoisotopic (exact) mass is 342 g/mol. The number of nitrogens with one attached hydrogen (secondary N) is 1. The molecule has 0 aliphatic carbocycles. The summed E-state index contributed by atoms with van der Waals surface area (Å²) in [6, 6.07) is 9.97. The van der Waals surface area contributed by atoms with Crippen LogP contribution >= 0.6 is 11.3 Å². The first-order valence-electron chi connectivity index (χ1n) is 8.10. The number of anilines is 1. The van der Waals surface area contributed by atoms with E-state index in [0.717, 1.165) is 23.2 Å². The Bertz CT molecular complexity index is 766. The Balaban J connectivity index is 1.63. The molecule has 0 atom stereocenters. The van der Waals surface area contributed by atoms with Crippen LogP contribution in [0.15, 0.2) is 35.7 Å². The fourth-order valence-electron chi connectivity index (χ4n) is 3.16.